The Balaban J connectivity index is 1.74. The molecule has 1 N–H and O–H groups in total. The molecule has 0 atom stereocenters. The molecule has 1 heterocycles. The predicted molar refractivity (Wildman–Crippen MR) is 120 cm³/mol. The number of nitrogens with zero attached hydrogens (tertiary/aromatic N) is 2. The molecule has 1 aromatic heterocycles. The second-order valence-corrected chi connectivity index (χ2v) is 8.60. The second-order valence-electron chi connectivity index (χ2n) is 6.01. The molecule has 2 aromatic carbocycles. The fourth-order valence-corrected chi connectivity index (χ4v) is 4.42. The molecule has 0 unspecified atom stereocenters. The average molecular weight is 469 g/mol. The summed E-state index contributed by atoms with van der Waals surface area (Å²) in [5.41, 5.74) is 3.18. The van der Waals surface area contributed by atoms with E-state index in [4.69, 9.17) is 12.2 Å². The molecule has 1 aliphatic rings. The molecule has 28 heavy (non-hydrogen) atoms. The van der Waals surface area contributed by atoms with Crippen LogP contribution >= 0.6 is 39.5 Å². The maximum atomic E-state index is 12.4. The molecule has 0 saturated carbocycles. The van der Waals surface area contributed by atoms with Gasteiger partial charge in [-0.1, -0.05) is 69.7 Å². The molecular weight excluding hydrogens is 456 g/mol. The molecule has 0 radical (unpaired) electrons. The van der Waals surface area contributed by atoms with Crippen LogP contribution in [-0.4, -0.2) is 21.8 Å². The smallest absolute Gasteiger partial charge is 0.232 e. The van der Waals surface area contributed by atoms with Crippen molar-refractivity contribution in [3.63, 3.8) is 0 Å². The van der Waals surface area contributed by atoms with Gasteiger partial charge in [-0.15, -0.1) is 0 Å². The number of fused-ring (bicyclic) bond motifs is 1. The van der Waals surface area contributed by atoms with E-state index >= 15 is 0 Å². The fraction of sp³-hybridized carbons (Fsp3) is 0. The normalized spacial score (nSPS) is 14.8. The van der Waals surface area contributed by atoms with Crippen LogP contribution < -0.4 is 0 Å². The number of hydrogen-bond donors (Lipinski definition) is 1. The van der Waals surface area contributed by atoms with Gasteiger partial charge in [0.2, 0.25) is 5.88 Å². The van der Waals surface area contributed by atoms with Gasteiger partial charge in [0.25, 0.3) is 0 Å². The number of halogens is 1. The molecule has 4 nitrogen and oxygen atoms in total. The van der Waals surface area contributed by atoms with E-state index in [0.29, 0.717) is 14.4 Å². The van der Waals surface area contributed by atoms with Gasteiger partial charge in [-0.3, -0.25) is 4.79 Å². The third kappa shape index (κ3) is 3.69. The van der Waals surface area contributed by atoms with Crippen molar-refractivity contribution in [3.05, 3.63) is 84.6 Å². The van der Waals surface area contributed by atoms with Crippen molar-refractivity contribution in [3.8, 4) is 5.88 Å². The first-order valence-corrected chi connectivity index (χ1v) is 10.3. The summed E-state index contributed by atoms with van der Waals surface area (Å²) in [7, 11) is 0. The lowest BCUT2D eigenvalue weighted by Gasteiger charge is -2.12. The van der Waals surface area contributed by atoms with Crippen LogP contribution in [0.15, 0.2) is 64.2 Å². The minimum Gasteiger partial charge on any atom is -0.492 e. The molecular formula is C21H13BrN2O2S2. The van der Waals surface area contributed by atoms with E-state index in [0.717, 1.165) is 21.2 Å². The van der Waals surface area contributed by atoms with Gasteiger partial charge in [0.05, 0.1) is 11.1 Å². The summed E-state index contributed by atoms with van der Waals surface area (Å²) in [5, 5.41) is 14.9. The maximum Gasteiger partial charge on any atom is 0.232 e. The SMILES string of the molecule is O=C1C=Cc2ccccc2/C1=C/c1sc(=S)n(N=Cc2cccc(Br)c2)c1O. The minimum atomic E-state index is -0.110. The van der Waals surface area contributed by atoms with Crippen molar-refractivity contribution in [1.29, 1.82) is 0 Å². The van der Waals surface area contributed by atoms with Crippen LogP contribution in [0.3, 0.4) is 0 Å². The van der Waals surface area contributed by atoms with Crippen LogP contribution in [0.25, 0.3) is 17.7 Å². The second kappa shape index (κ2) is 7.79. The number of carbonyl (C=O) groups is 1. The Morgan fingerprint density at radius 3 is 2.79 bits per heavy atom. The number of carbonyl (C=O) groups excluding carboxylic acids is 1. The summed E-state index contributed by atoms with van der Waals surface area (Å²) in [6, 6.07) is 15.3. The quantitative estimate of drug-likeness (QED) is 0.301. The molecule has 7 heteroatoms. The predicted octanol–water partition coefficient (Wildman–Crippen LogP) is 5.77. The van der Waals surface area contributed by atoms with Gasteiger partial charge < -0.3 is 5.11 Å². The Morgan fingerprint density at radius 2 is 1.96 bits per heavy atom. The summed E-state index contributed by atoms with van der Waals surface area (Å²) < 4.78 is 2.62. The van der Waals surface area contributed by atoms with Crippen molar-refractivity contribution in [1.82, 2.24) is 4.68 Å². The lowest BCUT2D eigenvalue weighted by Crippen LogP contribution is -2.04. The first kappa shape index (κ1) is 18.7. The lowest BCUT2D eigenvalue weighted by molar-refractivity contribution is -0.109. The van der Waals surface area contributed by atoms with Gasteiger partial charge in [-0.25, -0.2) is 0 Å². The van der Waals surface area contributed by atoms with Gasteiger partial charge in [0.15, 0.2) is 9.74 Å². The molecule has 3 aromatic rings. The van der Waals surface area contributed by atoms with Crippen molar-refractivity contribution in [2.75, 3.05) is 0 Å². The average Bonchev–Trinajstić information content (AvgIpc) is 2.95. The van der Waals surface area contributed by atoms with Gasteiger partial charge >= 0.3 is 0 Å². The van der Waals surface area contributed by atoms with Crippen molar-refractivity contribution >= 4 is 69.2 Å². The molecule has 0 bridgehead atoms. The van der Waals surface area contributed by atoms with Gasteiger partial charge in [0.1, 0.15) is 0 Å². The van der Waals surface area contributed by atoms with Crippen LogP contribution in [0.2, 0.25) is 0 Å². The third-order valence-corrected chi connectivity index (χ3v) is 5.95. The number of ketones is 1. The first-order chi connectivity index (χ1) is 13.5. The summed E-state index contributed by atoms with van der Waals surface area (Å²) in [4.78, 5) is 12.9. The Bertz CT molecular complexity index is 1240. The van der Waals surface area contributed by atoms with Gasteiger partial charge in [0, 0.05) is 10.0 Å². The van der Waals surface area contributed by atoms with E-state index < -0.39 is 0 Å². The van der Waals surface area contributed by atoms with Crippen LogP contribution in [0.4, 0.5) is 0 Å². The molecule has 4 rings (SSSR count). The molecule has 0 aliphatic heterocycles. The third-order valence-electron chi connectivity index (χ3n) is 4.17. The first-order valence-electron chi connectivity index (χ1n) is 8.31. The van der Waals surface area contributed by atoms with Crippen LogP contribution in [-0.2, 0) is 4.79 Å². The maximum absolute atomic E-state index is 12.4. The molecule has 0 amide bonds. The highest BCUT2D eigenvalue weighted by atomic mass is 79.9. The van der Waals surface area contributed by atoms with E-state index in [1.165, 1.54) is 22.1 Å². The molecule has 0 spiro atoms. The van der Waals surface area contributed by atoms with Gasteiger partial charge in [-0.05, 0) is 53.2 Å². The van der Waals surface area contributed by atoms with E-state index in [-0.39, 0.29) is 11.7 Å². The Hall–Kier alpha value is -2.61. The standard InChI is InChI=1S/C21H13BrN2O2S2/c22-15-6-3-4-13(10-15)12-23-24-20(26)19(28-21(24)27)11-17-16-7-2-1-5-14(16)8-9-18(17)25/h1-12,26H/b17-11-,23-12?. The number of aromatic nitrogens is 1. The zero-order valence-corrected chi connectivity index (χ0v) is 17.6. The van der Waals surface area contributed by atoms with Crippen molar-refractivity contribution in [2.45, 2.75) is 0 Å². The summed E-state index contributed by atoms with van der Waals surface area (Å²) in [6.07, 6.45) is 6.62. The summed E-state index contributed by atoms with van der Waals surface area (Å²) in [5.74, 6) is -0.199. The van der Waals surface area contributed by atoms with E-state index in [1.807, 2.05) is 48.5 Å². The highest BCUT2D eigenvalue weighted by molar-refractivity contribution is 9.10. The highest BCUT2D eigenvalue weighted by Crippen LogP contribution is 2.33. The molecule has 0 fully saturated rings. The summed E-state index contributed by atoms with van der Waals surface area (Å²) in [6.45, 7) is 0. The van der Waals surface area contributed by atoms with E-state index in [2.05, 4.69) is 21.0 Å². The molecule has 0 saturated heterocycles. The number of allylic oxidation sites excluding steroid dienone is 2. The number of thiazole rings is 1. The van der Waals surface area contributed by atoms with Crippen LogP contribution in [0.1, 0.15) is 21.6 Å². The number of aromatic hydroxyl groups is 1. The van der Waals surface area contributed by atoms with Crippen LogP contribution in [0, 0.1) is 3.95 Å². The van der Waals surface area contributed by atoms with E-state index in [1.54, 1.807) is 18.4 Å². The Morgan fingerprint density at radius 1 is 1.14 bits per heavy atom. The van der Waals surface area contributed by atoms with Crippen molar-refractivity contribution in [2.24, 2.45) is 5.10 Å². The molecule has 138 valence electrons. The van der Waals surface area contributed by atoms with E-state index in [9.17, 15) is 9.90 Å². The zero-order valence-electron chi connectivity index (χ0n) is 14.4. The van der Waals surface area contributed by atoms with Crippen molar-refractivity contribution < 1.29 is 9.90 Å². The lowest BCUT2D eigenvalue weighted by atomic mass is 9.91. The minimum absolute atomic E-state index is 0.0893. The Labute approximate surface area is 178 Å². The fourth-order valence-electron chi connectivity index (χ4n) is 2.84. The molecule has 1 aliphatic carbocycles. The highest BCUT2D eigenvalue weighted by Gasteiger charge is 2.19. The number of rotatable bonds is 3. The zero-order chi connectivity index (χ0) is 19.7. The van der Waals surface area contributed by atoms with Crippen LogP contribution in [0.5, 0.6) is 5.88 Å². The number of hydrogen-bond acceptors (Lipinski definition) is 5. The number of benzene rings is 2. The van der Waals surface area contributed by atoms with Gasteiger partial charge in [-0.2, -0.15) is 9.78 Å². The largest absolute Gasteiger partial charge is 0.492 e. The topological polar surface area (TPSA) is 54.6 Å². The summed E-state index contributed by atoms with van der Waals surface area (Å²) >= 11 is 9.96. The Kier molecular flexibility index (Phi) is 5.21. The monoisotopic (exact) mass is 468 g/mol.